The molecule has 0 aliphatic carbocycles. The van der Waals surface area contributed by atoms with E-state index in [1.807, 2.05) is 6.07 Å². The van der Waals surface area contributed by atoms with Crippen LogP contribution in [0.1, 0.15) is 5.56 Å². The van der Waals surface area contributed by atoms with Gasteiger partial charge in [0.15, 0.2) is 0 Å². The van der Waals surface area contributed by atoms with Gasteiger partial charge in [0.1, 0.15) is 0 Å². The van der Waals surface area contributed by atoms with E-state index in [4.69, 9.17) is 7.57 Å². The summed E-state index contributed by atoms with van der Waals surface area (Å²) < 4.78 is 0. The topological polar surface area (TPSA) is 0 Å². The lowest BCUT2D eigenvalue weighted by Gasteiger charge is -2.20. The van der Waals surface area contributed by atoms with Crippen molar-refractivity contribution in [1.29, 1.82) is 0 Å². The zero-order chi connectivity index (χ0) is 11.6. The maximum atomic E-state index is 6.57. The van der Waals surface area contributed by atoms with Gasteiger partial charge in [0.25, 0.3) is 0 Å². The molecular weight excluding hydrogens is 210 g/mol. The Balaban J connectivity index is 2.51. The summed E-state index contributed by atoms with van der Waals surface area (Å²) in [5, 5.41) is 2.55. The second-order valence-corrected chi connectivity index (χ2v) is 7.35. The van der Waals surface area contributed by atoms with Gasteiger partial charge in [-0.3, -0.25) is 0 Å². The van der Waals surface area contributed by atoms with Crippen LogP contribution in [0.25, 0.3) is 0 Å². The summed E-state index contributed by atoms with van der Waals surface area (Å²) in [6.07, 6.45) is 0. The second-order valence-electron chi connectivity index (χ2n) is 4.20. The number of hydrogen-bond acceptors (Lipinski definition) is 0. The smallest absolute Gasteiger partial charge is 0.0620 e. The first-order chi connectivity index (χ1) is 7.62. The van der Waals surface area contributed by atoms with E-state index in [0.717, 1.165) is 0 Å². The molecule has 0 nitrogen and oxygen atoms in total. The van der Waals surface area contributed by atoms with Gasteiger partial charge in [0.2, 0.25) is 0 Å². The van der Waals surface area contributed by atoms with Crippen molar-refractivity contribution in [2.45, 2.75) is 6.92 Å². The molecule has 78 valence electrons. The first kappa shape index (κ1) is 11.4. The molecule has 2 rings (SSSR count). The van der Waals surface area contributed by atoms with Crippen LogP contribution in [0.3, 0.4) is 0 Å². The molecule has 2 radical (unpaired) electrons. The Bertz CT molecular complexity index is 477. The van der Waals surface area contributed by atoms with Crippen molar-refractivity contribution in [3.05, 3.63) is 60.2 Å². The third-order valence-corrected chi connectivity index (χ3v) is 5.78. The molecule has 0 spiro atoms. The van der Waals surface area contributed by atoms with Gasteiger partial charge >= 0.3 is 7.57 Å². The summed E-state index contributed by atoms with van der Waals surface area (Å²) in [5.41, 5.74) is 1.28. The number of hydrogen-bond donors (Lipinski definition) is 0. The average Bonchev–Trinajstić information content (AvgIpc) is 2.30. The molecule has 2 aromatic rings. The average molecular weight is 225 g/mol. The van der Waals surface area contributed by atoms with Crippen molar-refractivity contribution in [3.8, 4) is 0 Å². The maximum Gasteiger partial charge on any atom is 0.377 e. The van der Waals surface area contributed by atoms with Crippen molar-refractivity contribution in [2.24, 2.45) is 0 Å². The van der Waals surface area contributed by atoms with Crippen LogP contribution in [0.4, 0.5) is 0 Å². The Hall–Kier alpha value is -1.07. The molecule has 0 N–H and O–H groups in total. The highest BCUT2D eigenvalue weighted by Gasteiger charge is 2.32. The summed E-state index contributed by atoms with van der Waals surface area (Å²) in [7, 11) is 4.89. The minimum Gasteiger partial charge on any atom is -0.0620 e. The van der Waals surface area contributed by atoms with Crippen LogP contribution in [0.5, 0.6) is 0 Å². The zero-order valence-electron chi connectivity index (χ0n) is 9.72. The molecule has 0 saturated heterocycles. The first-order valence-corrected chi connectivity index (χ1v) is 7.70. The quantitative estimate of drug-likeness (QED) is 0.544. The van der Waals surface area contributed by atoms with Gasteiger partial charge in [-0.1, -0.05) is 36.4 Å². The second kappa shape index (κ2) is 4.43. The van der Waals surface area contributed by atoms with E-state index in [1.165, 1.54) is 16.2 Å². The molecule has 0 saturated carbocycles. The lowest BCUT2D eigenvalue weighted by Crippen LogP contribution is -2.23. The summed E-state index contributed by atoms with van der Waals surface area (Å²) in [6.45, 7) is 4.30. The first-order valence-electron chi connectivity index (χ1n) is 5.39. The lowest BCUT2D eigenvalue weighted by atomic mass is 10.2. The largest absolute Gasteiger partial charge is 0.377 e. The standard InChI is InChI=1S/C14H15BP/c1-12-8-6-7-11-14(12)16(2,15)13-9-4-3-5-10-13/h3-11H,1-2H3/q+1. The molecule has 0 bridgehead atoms. The fraction of sp³-hybridized carbons (Fsp3) is 0.143. The number of benzene rings is 2. The van der Waals surface area contributed by atoms with Crippen LogP contribution in [-0.2, 0) is 0 Å². The van der Waals surface area contributed by atoms with Crippen molar-refractivity contribution in [1.82, 2.24) is 0 Å². The van der Waals surface area contributed by atoms with E-state index in [9.17, 15) is 0 Å². The van der Waals surface area contributed by atoms with Crippen molar-refractivity contribution in [3.63, 3.8) is 0 Å². The van der Waals surface area contributed by atoms with E-state index in [-0.39, 0.29) is 0 Å². The monoisotopic (exact) mass is 225 g/mol. The fourth-order valence-corrected chi connectivity index (χ4v) is 4.23. The highest BCUT2D eigenvalue weighted by atomic mass is 31.2. The van der Waals surface area contributed by atoms with Crippen molar-refractivity contribution in [2.75, 3.05) is 6.66 Å². The Morgan fingerprint density at radius 1 is 0.875 bits per heavy atom. The van der Waals surface area contributed by atoms with Crippen LogP contribution in [-0.4, -0.2) is 14.2 Å². The lowest BCUT2D eigenvalue weighted by molar-refractivity contribution is 1.52. The van der Waals surface area contributed by atoms with Crippen molar-refractivity contribution >= 4 is 25.3 Å². The van der Waals surface area contributed by atoms with Crippen LogP contribution >= 0.6 is 7.14 Å². The normalized spacial score (nSPS) is 14.4. The molecule has 0 fully saturated rings. The molecule has 0 heterocycles. The third-order valence-electron chi connectivity index (χ3n) is 2.91. The Kier molecular flexibility index (Phi) is 3.16. The van der Waals surface area contributed by atoms with Crippen LogP contribution in [0.15, 0.2) is 54.6 Å². The predicted molar refractivity (Wildman–Crippen MR) is 75.5 cm³/mol. The van der Waals surface area contributed by atoms with Gasteiger partial charge in [0.05, 0.1) is 10.6 Å². The van der Waals surface area contributed by atoms with Crippen LogP contribution in [0, 0.1) is 6.92 Å². The Morgan fingerprint density at radius 3 is 2.06 bits per heavy atom. The van der Waals surface area contributed by atoms with Crippen LogP contribution in [0.2, 0.25) is 0 Å². The Labute approximate surface area is 99.4 Å². The van der Waals surface area contributed by atoms with Gasteiger partial charge in [0, 0.05) is 13.8 Å². The van der Waals surface area contributed by atoms with Gasteiger partial charge in [-0.05, 0) is 30.7 Å². The van der Waals surface area contributed by atoms with Gasteiger partial charge in [-0.25, -0.2) is 0 Å². The number of aryl methyl sites for hydroxylation is 1. The molecule has 1 unspecified atom stereocenters. The highest BCUT2D eigenvalue weighted by molar-refractivity contribution is 8.08. The third kappa shape index (κ3) is 2.06. The molecule has 0 amide bonds. The van der Waals surface area contributed by atoms with Crippen LogP contribution < -0.4 is 10.6 Å². The highest BCUT2D eigenvalue weighted by Crippen LogP contribution is 2.47. The van der Waals surface area contributed by atoms with E-state index in [0.29, 0.717) is 0 Å². The maximum absolute atomic E-state index is 6.57. The SMILES string of the molecule is [B][P+](C)(c1ccccc1)c1ccccc1C. The molecule has 16 heavy (non-hydrogen) atoms. The van der Waals surface area contributed by atoms with E-state index in [2.05, 4.69) is 62.1 Å². The summed E-state index contributed by atoms with van der Waals surface area (Å²) in [4.78, 5) is 0. The predicted octanol–water partition coefficient (Wildman–Crippen LogP) is 2.68. The van der Waals surface area contributed by atoms with Gasteiger partial charge < -0.3 is 0 Å². The summed E-state index contributed by atoms with van der Waals surface area (Å²) in [6, 6.07) is 18.8. The molecule has 0 aromatic heterocycles. The molecule has 2 heteroatoms. The van der Waals surface area contributed by atoms with Gasteiger partial charge in [-0.15, -0.1) is 0 Å². The molecule has 2 aromatic carbocycles. The minimum atomic E-state index is -1.68. The fourth-order valence-electron chi connectivity index (χ4n) is 1.96. The molecule has 0 aliphatic rings. The van der Waals surface area contributed by atoms with Crippen molar-refractivity contribution < 1.29 is 0 Å². The summed E-state index contributed by atoms with van der Waals surface area (Å²) >= 11 is 0. The zero-order valence-corrected chi connectivity index (χ0v) is 10.6. The molecule has 1 atom stereocenters. The minimum absolute atomic E-state index is 1.25. The number of rotatable bonds is 2. The summed E-state index contributed by atoms with van der Waals surface area (Å²) in [5.74, 6) is 0. The Morgan fingerprint density at radius 2 is 1.44 bits per heavy atom. The van der Waals surface area contributed by atoms with E-state index < -0.39 is 7.14 Å². The van der Waals surface area contributed by atoms with Gasteiger partial charge in [-0.2, -0.15) is 0 Å². The van der Waals surface area contributed by atoms with E-state index >= 15 is 0 Å². The molecule has 0 aliphatic heterocycles. The van der Waals surface area contributed by atoms with E-state index in [1.54, 1.807) is 0 Å². The molecular formula is C14H15BP+.